The molecule has 0 bridgehead atoms. The summed E-state index contributed by atoms with van der Waals surface area (Å²) in [5, 5.41) is 5.36. The van der Waals surface area contributed by atoms with Crippen molar-refractivity contribution in [2.75, 3.05) is 0 Å². The van der Waals surface area contributed by atoms with Gasteiger partial charge >= 0.3 is 0 Å². The first-order chi connectivity index (χ1) is 14.4. The molecule has 2 heterocycles. The van der Waals surface area contributed by atoms with E-state index in [1.54, 1.807) is 0 Å². The molecule has 0 nitrogen and oxygen atoms in total. The second-order valence-corrected chi connectivity index (χ2v) is 9.91. The lowest BCUT2D eigenvalue weighted by atomic mass is 9.35. The van der Waals surface area contributed by atoms with Crippen LogP contribution in [-0.2, 0) is 0 Å². The molecule has 0 fully saturated rings. The van der Waals surface area contributed by atoms with E-state index in [9.17, 15) is 0 Å². The number of fused-ring (bicyclic) bond motifs is 7. The van der Waals surface area contributed by atoms with Crippen LogP contribution >= 0.6 is 23.5 Å². The third-order valence-electron chi connectivity index (χ3n) is 6.16. The Morgan fingerprint density at radius 2 is 1.14 bits per heavy atom. The molecule has 0 N–H and O–H groups in total. The van der Waals surface area contributed by atoms with Crippen molar-refractivity contribution in [3.8, 4) is 0 Å². The van der Waals surface area contributed by atoms with Gasteiger partial charge in [0.1, 0.15) is 0 Å². The summed E-state index contributed by atoms with van der Waals surface area (Å²) >= 11 is 3.86. The van der Waals surface area contributed by atoms with E-state index in [4.69, 9.17) is 0 Å². The zero-order valence-corrected chi connectivity index (χ0v) is 17.2. The Hall–Kier alpha value is -2.62. The van der Waals surface area contributed by atoms with Crippen LogP contribution in [0.15, 0.2) is 111 Å². The fraction of sp³-hybridized carbons (Fsp3) is 0. The average Bonchev–Trinajstić information content (AvgIpc) is 2.77. The predicted octanol–water partition coefficient (Wildman–Crippen LogP) is 5.44. The van der Waals surface area contributed by atoms with Crippen molar-refractivity contribution >= 4 is 68.2 Å². The molecule has 0 radical (unpaired) electrons. The Kier molecular flexibility index (Phi) is 3.32. The van der Waals surface area contributed by atoms with E-state index in [1.165, 1.54) is 57.5 Å². The maximum absolute atomic E-state index is 2.43. The Bertz CT molecular complexity index is 1470. The summed E-state index contributed by atoms with van der Waals surface area (Å²) < 4.78 is 0. The van der Waals surface area contributed by atoms with Gasteiger partial charge in [-0.05, 0) is 56.7 Å². The Morgan fingerprint density at radius 1 is 0.483 bits per heavy atom. The third kappa shape index (κ3) is 2.26. The summed E-state index contributed by atoms with van der Waals surface area (Å²) in [5.74, 6) is 0. The summed E-state index contributed by atoms with van der Waals surface area (Å²) in [7, 11) is 0. The van der Waals surface area contributed by atoms with Gasteiger partial charge in [-0.15, -0.1) is 0 Å². The van der Waals surface area contributed by atoms with Crippen molar-refractivity contribution in [3.05, 3.63) is 91.0 Å². The lowest BCUT2D eigenvalue weighted by molar-refractivity contribution is 1.34. The lowest BCUT2D eigenvalue weighted by Crippen LogP contribution is -2.58. The molecular weight excluding hydrogens is 387 g/mol. The summed E-state index contributed by atoms with van der Waals surface area (Å²) in [5.41, 5.74) is 4.42. The van der Waals surface area contributed by atoms with E-state index in [1.807, 2.05) is 23.5 Å². The van der Waals surface area contributed by atoms with Crippen LogP contribution in [0.4, 0.5) is 0 Å². The van der Waals surface area contributed by atoms with Gasteiger partial charge in [0.25, 0.3) is 0 Å². The van der Waals surface area contributed by atoms with E-state index in [0.29, 0.717) is 6.71 Å². The minimum Gasteiger partial charge on any atom is -0.0911 e. The highest BCUT2D eigenvalue weighted by molar-refractivity contribution is 8.01. The lowest BCUT2D eigenvalue weighted by Gasteiger charge is -2.33. The van der Waals surface area contributed by atoms with Crippen molar-refractivity contribution < 1.29 is 0 Å². The van der Waals surface area contributed by atoms with Crippen LogP contribution in [0.3, 0.4) is 0 Å². The molecular formula is C26H15BS2. The van der Waals surface area contributed by atoms with Crippen LogP contribution in [0.25, 0.3) is 21.5 Å². The van der Waals surface area contributed by atoms with E-state index < -0.39 is 0 Å². The Balaban J connectivity index is 1.63. The smallest absolute Gasteiger partial charge is 0.0911 e. The van der Waals surface area contributed by atoms with Crippen molar-refractivity contribution in [1.29, 1.82) is 0 Å². The normalized spacial score (nSPS) is 13.9. The fourth-order valence-electron chi connectivity index (χ4n) is 4.89. The molecule has 0 unspecified atom stereocenters. The highest BCUT2D eigenvalue weighted by Crippen LogP contribution is 2.40. The van der Waals surface area contributed by atoms with Crippen LogP contribution < -0.4 is 16.4 Å². The van der Waals surface area contributed by atoms with Crippen LogP contribution in [0, 0.1) is 0 Å². The van der Waals surface area contributed by atoms with Gasteiger partial charge in [-0.1, -0.05) is 95.7 Å². The summed E-state index contributed by atoms with van der Waals surface area (Å²) in [6.07, 6.45) is 0. The van der Waals surface area contributed by atoms with E-state index in [0.717, 1.165) is 0 Å². The molecule has 0 aromatic heterocycles. The zero-order chi connectivity index (χ0) is 18.9. The van der Waals surface area contributed by atoms with Gasteiger partial charge in [-0.2, -0.15) is 0 Å². The summed E-state index contributed by atoms with van der Waals surface area (Å²) in [4.78, 5) is 5.59. The molecule has 5 aromatic rings. The van der Waals surface area contributed by atoms with Crippen molar-refractivity contribution in [2.45, 2.75) is 19.6 Å². The molecule has 0 saturated heterocycles. The van der Waals surface area contributed by atoms with Gasteiger partial charge in [0.2, 0.25) is 6.71 Å². The van der Waals surface area contributed by atoms with E-state index >= 15 is 0 Å². The topological polar surface area (TPSA) is 0 Å². The largest absolute Gasteiger partial charge is 0.247 e. The second-order valence-electron chi connectivity index (χ2n) is 7.74. The first-order valence-electron chi connectivity index (χ1n) is 9.90. The number of hydrogen-bond acceptors (Lipinski definition) is 2. The Morgan fingerprint density at radius 3 is 1.97 bits per heavy atom. The van der Waals surface area contributed by atoms with Gasteiger partial charge in [0, 0.05) is 19.6 Å². The molecule has 134 valence electrons. The van der Waals surface area contributed by atoms with Gasteiger partial charge in [0.15, 0.2) is 0 Å². The van der Waals surface area contributed by atoms with Gasteiger partial charge in [-0.3, -0.25) is 0 Å². The second kappa shape index (κ2) is 5.95. The first kappa shape index (κ1) is 16.2. The minimum absolute atomic E-state index is 0.296. The fourth-order valence-corrected chi connectivity index (χ4v) is 7.35. The van der Waals surface area contributed by atoms with Crippen LogP contribution in [0.5, 0.6) is 0 Å². The highest BCUT2D eigenvalue weighted by Gasteiger charge is 2.38. The Labute approximate surface area is 178 Å². The summed E-state index contributed by atoms with van der Waals surface area (Å²) in [6, 6.07) is 33.8. The average molecular weight is 402 g/mol. The van der Waals surface area contributed by atoms with Crippen molar-refractivity contribution in [3.63, 3.8) is 0 Å². The van der Waals surface area contributed by atoms with Gasteiger partial charge < -0.3 is 0 Å². The molecule has 2 aliphatic heterocycles. The van der Waals surface area contributed by atoms with E-state index in [2.05, 4.69) is 91.0 Å². The van der Waals surface area contributed by atoms with Crippen molar-refractivity contribution in [1.82, 2.24) is 0 Å². The first-order valence-corrected chi connectivity index (χ1v) is 11.5. The van der Waals surface area contributed by atoms with Crippen LogP contribution in [0.1, 0.15) is 0 Å². The molecule has 29 heavy (non-hydrogen) atoms. The molecule has 0 saturated carbocycles. The molecule has 0 aliphatic carbocycles. The molecule has 3 heteroatoms. The van der Waals surface area contributed by atoms with E-state index in [-0.39, 0.29) is 0 Å². The summed E-state index contributed by atoms with van der Waals surface area (Å²) in [6.45, 7) is 0.296. The number of hydrogen-bond donors (Lipinski definition) is 0. The van der Waals surface area contributed by atoms with Crippen LogP contribution in [0.2, 0.25) is 0 Å². The standard InChI is InChI=1S/C26H15BS2/c1-2-8-18-15-24-20(14-17(18)7-1)27-25-19-9-4-3-6-16(19)12-13-23(25)28-21-10-5-11-22(29-24)26(21)27/h1-15H. The number of rotatable bonds is 0. The molecule has 5 aromatic carbocycles. The third-order valence-corrected chi connectivity index (χ3v) is 8.46. The minimum atomic E-state index is 0.296. The number of benzene rings is 5. The maximum Gasteiger partial charge on any atom is 0.247 e. The predicted molar refractivity (Wildman–Crippen MR) is 127 cm³/mol. The molecule has 2 aliphatic rings. The molecule has 0 amide bonds. The van der Waals surface area contributed by atoms with Crippen LogP contribution in [-0.4, -0.2) is 6.71 Å². The molecule has 0 atom stereocenters. The van der Waals surface area contributed by atoms with Crippen molar-refractivity contribution in [2.24, 2.45) is 0 Å². The maximum atomic E-state index is 2.43. The monoisotopic (exact) mass is 402 g/mol. The molecule has 7 rings (SSSR count). The quantitative estimate of drug-likeness (QED) is 0.310. The zero-order valence-electron chi connectivity index (χ0n) is 15.6. The SMILES string of the molecule is c1cc2c3c(c1)Sc1ccc4ccccc4c1B3c1cc3ccccc3cc1S2. The van der Waals surface area contributed by atoms with Gasteiger partial charge in [-0.25, -0.2) is 0 Å². The highest BCUT2D eigenvalue weighted by atomic mass is 32.2. The van der Waals surface area contributed by atoms with Gasteiger partial charge in [0.05, 0.1) is 0 Å². The molecule has 0 spiro atoms.